The molecule has 1 saturated heterocycles. The molecule has 0 bridgehead atoms. The normalized spacial score (nSPS) is 20.2. The van der Waals surface area contributed by atoms with Crippen molar-refractivity contribution in [1.82, 2.24) is 10.2 Å². The summed E-state index contributed by atoms with van der Waals surface area (Å²) in [7, 11) is 0. The Morgan fingerprint density at radius 3 is 3.05 bits per heavy atom. The number of benzene rings is 1. The van der Waals surface area contributed by atoms with Crippen molar-refractivity contribution >= 4 is 21.8 Å². The van der Waals surface area contributed by atoms with Gasteiger partial charge in [0.1, 0.15) is 0 Å². The first-order chi connectivity index (χ1) is 9.20. The molecule has 1 unspecified atom stereocenters. The molecule has 1 atom stereocenters. The summed E-state index contributed by atoms with van der Waals surface area (Å²) in [5, 5.41) is 2.93. The van der Waals surface area contributed by atoms with Crippen LogP contribution in [0.25, 0.3) is 0 Å². The van der Waals surface area contributed by atoms with Crippen LogP contribution in [0.1, 0.15) is 17.3 Å². The lowest BCUT2D eigenvalue weighted by Crippen LogP contribution is -2.47. The Hall–Kier alpha value is -0.910. The van der Waals surface area contributed by atoms with Crippen LogP contribution in [0.4, 0.5) is 0 Å². The fourth-order valence-corrected chi connectivity index (χ4v) is 2.60. The number of hydrogen-bond acceptors (Lipinski definition) is 3. The molecular formula is C14H19BrN2O2. The maximum Gasteiger partial charge on any atom is 0.252 e. The Morgan fingerprint density at radius 2 is 2.32 bits per heavy atom. The first-order valence-corrected chi connectivity index (χ1v) is 7.36. The minimum Gasteiger partial charge on any atom is -0.374 e. The van der Waals surface area contributed by atoms with Gasteiger partial charge in [0, 0.05) is 24.1 Å². The highest BCUT2D eigenvalue weighted by Crippen LogP contribution is 2.15. The molecule has 4 nitrogen and oxygen atoms in total. The number of ether oxygens (including phenoxy) is 1. The van der Waals surface area contributed by atoms with E-state index in [1.54, 1.807) is 6.07 Å². The van der Waals surface area contributed by atoms with Crippen molar-refractivity contribution in [3.05, 3.63) is 34.3 Å². The van der Waals surface area contributed by atoms with Crippen molar-refractivity contribution in [1.29, 1.82) is 0 Å². The van der Waals surface area contributed by atoms with Gasteiger partial charge in [-0.2, -0.15) is 0 Å². The van der Waals surface area contributed by atoms with Gasteiger partial charge in [-0.3, -0.25) is 9.69 Å². The average Bonchev–Trinajstić information content (AvgIpc) is 2.45. The van der Waals surface area contributed by atoms with Gasteiger partial charge in [0.15, 0.2) is 0 Å². The summed E-state index contributed by atoms with van der Waals surface area (Å²) in [6.45, 7) is 6.32. The van der Waals surface area contributed by atoms with E-state index in [9.17, 15) is 4.79 Å². The molecule has 1 aliphatic rings. The van der Waals surface area contributed by atoms with Crippen LogP contribution < -0.4 is 5.32 Å². The van der Waals surface area contributed by atoms with Gasteiger partial charge < -0.3 is 10.1 Å². The number of likely N-dealkylation sites (N-methyl/N-ethyl adjacent to an activating group) is 1. The molecule has 0 spiro atoms. The molecule has 19 heavy (non-hydrogen) atoms. The van der Waals surface area contributed by atoms with Crippen LogP contribution >= 0.6 is 15.9 Å². The average molecular weight is 327 g/mol. The Labute approximate surface area is 122 Å². The predicted molar refractivity (Wildman–Crippen MR) is 78.3 cm³/mol. The zero-order valence-electron chi connectivity index (χ0n) is 11.1. The highest BCUT2D eigenvalue weighted by molar-refractivity contribution is 9.10. The van der Waals surface area contributed by atoms with Gasteiger partial charge in [0.05, 0.1) is 18.3 Å². The molecule has 1 aromatic rings. The first-order valence-electron chi connectivity index (χ1n) is 6.57. The summed E-state index contributed by atoms with van der Waals surface area (Å²) in [6.07, 6.45) is 0.0835. The molecular weight excluding hydrogens is 308 g/mol. The summed E-state index contributed by atoms with van der Waals surface area (Å²) in [4.78, 5) is 14.4. The Kier molecular flexibility index (Phi) is 5.36. The van der Waals surface area contributed by atoms with Gasteiger partial charge in [0.25, 0.3) is 5.91 Å². The third kappa shape index (κ3) is 4.03. The second kappa shape index (κ2) is 7.03. The van der Waals surface area contributed by atoms with Crippen molar-refractivity contribution in [2.24, 2.45) is 0 Å². The molecule has 104 valence electrons. The number of carbonyl (C=O) groups is 1. The molecule has 1 aromatic carbocycles. The number of hydrogen-bond donors (Lipinski definition) is 1. The summed E-state index contributed by atoms with van der Waals surface area (Å²) in [5.41, 5.74) is 0.658. The van der Waals surface area contributed by atoms with Crippen LogP contribution in [0.3, 0.4) is 0 Å². The first kappa shape index (κ1) is 14.5. The van der Waals surface area contributed by atoms with Crippen molar-refractivity contribution in [3.63, 3.8) is 0 Å². The number of morpholine rings is 1. The minimum absolute atomic E-state index is 0.0651. The van der Waals surface area contributed by atoms with Gasteiger partial charge in [0.2, 0.25) is 0 Å². The van der Waals surface area contributed by atoms with Crippen molar-refractivity contribution in [2.45, 2.75) is 13.0 Å². The quantitative estimate of drug-likeness (QED) is 0.918. The third-order valence-corrected chi connectivity index (χ3v) is 3.97. The predicted octanol–water partition coefficient (Wildman–Crippen LogP) is 1.90. The molecule has 2 rings (SSSR count). The molecule has 0 radical (unpaired) electrons. The zero-order chi connectivity index (χ0) is 13.7. The fraction of sp³-hybridized carbons (Fsp3) is 0.500. The molecule has 1 amide bonds. The van der Waals surface area contributed by atoms with Gasteiger partial charge in [-0.1, -0.05) is 19.1 Å². The number of nitrogens with zero attached hydrogens (tertiary/aromatic N) is 1. The second-order valence-corrected chi connectivity index (χ2v) is 5.43. The topological polar surface area (TPSA) is 41.6 Å². The van der Waals surface area contributed by atoms with Gasteiger partial charge in [-0.05, 0) is 34.6 Å². The lowest BCUT2D eigenvalue weighted by molar-refractivity contribution is -0.0246. The molecule has 0 saturated carbocycles. The molecule has 1 heterocycles. The standard InChI is InChI=1S/C14H19BrN2O2/c1-2-17-7-8-19-11(10-17)9-16-14(18)12-5-3-4-6-13(12)15/h3-6,11H,2,7-10H2,1H3,(H,16,18). The van der Waals surface area contributed by atoms with E-state index in [4.69, 9.17) is 4.74 Å². The van der Waals surface area contributed by atoms with E-state index in [1.807, 2.05) is 18.2 Å². The Balaban J connectivity index is 1.85. The van der Waals surface area contributed by atoms with Crippen LogP contribution in [0.5, 0.6) is 0 Å². The highest BCUT2D eigenvalue weighted by Gasteiger charge is 2.20. The van der Waals surface area contributed by atoms with Crippen LogP contribution in [-0.4, -0.2) is 49.7 Å². The number of amides is 1. The van der Waals surface area contributed by atoms with Crippen molar-refractivity contribution < 1.29 is 9.53 Å². The number of carbonyl (C=O) groups excluding carboxylic acids is 1. The maximum atomic E-state index is 12.0. The van der Waals surface area contributed by atoms with Crippen molar-refractivity contribution in [2.75, 3.05) is 32.8 Å². The lowest BCUT2D eigenvalue weighted by atomic mass is 10.2. The van der Waals surface area contributed by atoms with Gasteiger partial charge >= 0.3 is 0 Å². The van der Waals surface area contributed by atoms with E-state index in [2.05, 4.69) is 33.1 Å². The molecule has 0 aliphatic carbocycles. The van der Waals surface area contributed by atoms with E-state index >= 15 is 0 Å². The number of halogens is 1. The van der Waals surface area contributed by atoms with Crippen molar-refractivity contribution in [3.8, 4) is 0 Å². The minimum atomic E-state index is -0.0651. The monoisotopic (exact) mass is 326 g/mol. The summed E-state index contributed by atoms with van der Waals surface area (Å²) < 4.78 is 6.47. The summed E-state index contributed by atoms with van der Waals surface area (Å²) >= 11 is 3.38. The van der Waals surface area contributed by atoms with Crippen LogP contribution in [0, 0.1) is 0 Å². The molecule has 1 N–H and O–H groups in total. The number of nitrogens with one attached hydrogen (secondary N) is 1. The summed E-state index contributed by atoms with van der Waals surface area (Å²) in [5.74, 6) is -0.0651. The summed E-state index contributed by atoms with van der Waals surface area (Å²) in [6, 6.07) is 7.42. The maximum absolute atomic E-state index is 12.0. The largest absolute Gasteiger partial charge is 0.374 e. The van der Waals surface area contributed by atoms with E-state index in [0.29, 0.717) is 12.1 Å². The highest BCUT2D eigenvalue weighted by atomic mass is 79.9. The van der Waals surface area contributed by atoms with Crippen LogP contribution in [0.15, 0.2) is 28.7 Å². The molecule has 5 heteroatoms. The van der Waals surface area contributed by atoms with Crippen LogP contribution in [-0.2, 0) is 4.74 Å². The van der Waals surface area contributed by atoms with Gasteiger partial charge in [-0.25, -0.2) is 0 Å². The number of rotatable bonds is 4. The smallest absolute Gasteiger partial charge is 0.252 e. The third-order valence-electron chi connectivity index (χ3n) is 3.28. The molecule has 1 aliphatic heterocycles. The van der Waals surface area contributed by atoms with E-state index in [1.165, 1.54) is 0 Å². The second-order valence-electron chi connectivity index (χ2n) is 4.58. The SMILES string of the molecule is CCN1CCOC(CNC(=O)c2ccccc2Br)C1. The lowest BCUT2D eigenvalue weighted by Gasteiger charge is -2.32. The Bertz CT molecular complexity index is 439. The molecule has 0 aromatic heterocycles. The fourth-order valence-electron chi connectivity index (χ4n) is 2.14. The Morgan fingerprint density at radius 1 is 1.53 bits per heavy atom. The van der Waals surface area contributed by atoms with Gasteiger partial charge in [-0.15, -0.1) is 0 Å². The zero-order valence-corrected chi connectivity index (χ0v) is 12.6. The van der Waals surface area contributed by atoms with E-state index in [0.717, 1.165) is 30.7 Å². The van der Waals surface area contributed by atoms with E-state index in [-0.39, 0.29) is 12.0 Å². The molecule has 1 fully saturated rings. The van der Waals surface area contributed by atoms with E-state index < -0.39 is 0 Å². The van der Waals surface area contributed by atoms with Crippen LogP contribution in [0.2, 0.25) is 0 Å².